The highest BCUT2D eigenvalue weighted by atomic mass is 35.5. The summed E-state index contributed by atoms with van der Waals surface area (Å²) < 4.78 is 28.1. The maximum Gasteiger partial charge on any atom is 0.243 e. The summed E-state index contributed by atoms with van der Waals surface area (Å²) in [5, 5.41) is 3.31. The number of sulfonamides is 1. The van der Waals surface area contributed by atoms with Gasteiger partial charge in [0, 0.05) is 32.4 Å². The van der Waals surface area contributed by atoms with Crippen molar-refractivity contribution in [3.63, 3.8) is 0 Å². The van der Waals surface area contributed by atoms with Crippen LogP contribution in [0.3, 0.4) is 0 Å². The third-order valence-corrected chi connectivity index (χ3v) is 6.38. The predicted octanol–water partition coefficient (Wildman–Crippen LogP) is 2.64. The highest BCUT2D eigenvalue weighted by Gasteiger charge is 2.32. The van der Waals surface area contributed by atoms with Crippen molar-refractivity contribution in [3.8, 4) is 0 Å². The van der Waals surface area contributed by atoms with Gasteiger partial charge in [0.15, 0.2) is 0 Å². The minimum atomic E-state index is -3.46. The van der Waals surface area contributed by atoms with Gasteiger partial charge in [-0.1, -0.05) is 13.0 Å². The average Bonchev–Trinajstić information content (AvgIpc) is 2.53. The Balaban J connectivity index is 0.00000288. The van der Waals surface area contributed by atoms with Crippen LogP contribution < -0.4 is 10.2 Å². The molecule has 1 N–H and O–H groups in total. The van der Waals surface area contributed by atoms with Crippen LogP contribution in [0.1, 0.15) is 31.7 Å². The van der Waals surface area contributed by atoms with E-state index in [1.165, 1.54) is 0 Å². The van der Waals surface area contributed by atoms with Gasteiger partial charge in [-0.3, -0.25) is 0 Å². The zero-order valence-corrected chi connectivity index (χ0v) is 16.7. The van der Waals surface area contributed by atoms with Gasteiger partial charge in [0.2, 0.25) is 10.0 Å². The number of nitrogens with one attached hydrogen (secondary N) is 1. The van der Waals surface area contributed by atoms with E-state index in [-0.39, 0.29) is 18.4 Å². The number of nitrogens with zero attached hydrogens (tertiary/aromatic N) is 2. The van der Waals surface area contributed by atoms with Gasteiger partial charge in [-0.2, -0.15) is 4.31 Å². The van der Waals surface area contributed by atoms with Crippen molar-refractivity contribution in [2.24, 2.45) is 0 Å². The molecular weight excluding hydrogens is 346 g/mol. The molecule has 1 aliphatic heterocycles. The lowest BCUT2D eigenvalue weighted by Crippen LogP contribution is -2.46. The quantitative estimate of drug-likeness (QED) is 0.830. The first kappa shape index (κ1) is 21.2. The Morgan fingerprint density at radius 3 is 2.38 bits per heavy atom. The second kappa shape index (κ2) is 9.04. The van der Waals surface area contributed by atoms with Crippen molar-refractivity contribution in [2.45, 2.75) is 44.0 Å². The van der Waals surface area contributed by atoms with E-state index in [9.17, 15) is 8.42 Å². The maximum absolute atomic E-state index is 13.2. The molecule has 0 unspecified atom stereocenters. The molecule has 0 aromatic heterocycles. The fourth-order valence-corrected chi connectivity index (χ4v) is 4.98. The summed E-state index contributed by atoms with van der Waals surface area (Å²) in [6.45, 7) is 6.39. The second-order valence-electron chi connectivity index (χ2n) is 6.44. The Bertz CT molecular complexity index is 629. The SMILES string of the molecule is CCCN(C1CCNCC1)S(=O)(=O)c1ccc(C)c(N(C)C)c1.Cl. The van der Waals surface area contributed by atoms with Gasteiger partial charge in [0.05, 0.1) is 4.90 Å². The minimum absolute atomic E-state index is 0. The monoisotopic (exact) mass is 375 g/mol. The number of rotatable bonds is 6. The first-order valence-corrected chi connectivity index (χ1v) is 9.82. The standard InChI is InChI=1S/C17H29N3O2S.ClH/c1-5-12-20(15-8-10-18-11-9-15)23(21,22)16-7-6-14(2)17(13-16)19(3)4;/h6-7,13,15,18H,5,8-12H2,1-4H3;1H. The lowest BCUT2D eigenvalue weighted by Gasteiger charge is -2.33. The Morgan fingerprint density at radius 1 is 1.21 bits per heavy atom. The summed E-state index contributed by atoms with van der Waals surface area (Å²) in [4.78, 5) is 2.36. The van der Waals surface area contributed by atoms with Crippen LogP contribution in [-0.2, 0) is 10.0 Å². The van der Waals surface area contributed by atoms with Gasteiger partial charge >= 0.3 is 0 Å². The molecule has 5 nitrogen and oxygen atoms in total. The van der Waals surface area contributed by atoms with Crippen molar-refractivity contribution < 1.29 is 8.42 Å². The number of aryl methyl sites for hydroxylation is 1. The summed E-state index contributed by atoms with van der Waals surface area (Å²) in [5.74, 6) is 0. The van der Waals surface area contributed by atoms with Crippen LogP contribution in [0.2, 0.25) is 0 Å². The van der Waals surface area contributed by atoms with Crippen LogP contribution in [0.25, 0.3) is 0 Å². The van der Waals surface area contributed by atoms with Crippen molar-refractivity contribution in [3.05, 3.63) is 23.8 Å². The predicted molar refractivity (Wildman–Crippen MR) is 103 cm³/mol. The first-order chi connectivity index (χ1) is 10.9. The fraction of sp³-hybridized carbons (Fsp3) is 0.647. The molecule has 0 amide bonds. The zero-order chi connectivity index (χ0) is 17.0. The largest absolute Gasteiger partial charge is 0.377 e. The average molecular weight is 376 g/mol. The van der Waals surface area contributed by atoms with Gasteiger partial charge in [-0.15, -0.1) is 12.4 Å². The van der Waals surface area contributed by atoms with Gasteiger partial charge in [-0.05, 0) is 57.0 Å². The molecule has 138 valence electrons. The van der Waals surface area contributed by atoms with Crippen molar-refractivity contribution in [1.29, 1.82) is 0 Å². The molecule has 1 aliphatic rings. The summed E-state index contributed by atoms with van der Waals surface area (Å²) in [7, 11) is 0.423. The van der Waals surface area contributed by atoms with E-state index >= 15 is 0 Å². The van der Waals surface area contributed by atoms with Gasteiger partial charge in [-0.25, -0.2) is 8.42 Å². The molecule has 0 aliphatic carbocycles. The van der Waals surface area contributed by atoms with E-state index in [4.69, 9.17) is 0 Å². The topological polar surface area (TPSA) is 52.7 Å². The molecule has 0 spiro atoms. The summed E-state index contributed by atoms with van der Waals surface area (Å²) in [6, 6.07) is 5.54. The van der Waals surface area contributed by atoms with Crippen LogP contribution >= 0.6 is 12.4 Å². The number of anilines is 1. The molecule has 0 radical (unpaired) electrons. The number of hydrogen-bond donors (Lipinski definition) is 1. The molecular formula is C17H30ClN3O2S. The highest BCUT2D eigenvalue weighted by molar-refractivity contribution is 7.89. The molecule has 0 bridgehead atoms. The molecule has 1 fully saturated rings. The fourth-order valence-electron chi connectivity index (χ4n) is 3.18. The molecule has 1 saturated heterocycles. The van der Waals surface area contributed by atoms with Gasteiger partial charge in [0.1, 0.15) is 0 Å². The molecule has 1 heterocycles. The summed E-state index contributed by atoms with van der Waals surface area (Å²) >= 11 is 0. The Hall–Kier alpha value is -0.820. The molecule has 24 heavy (non-hydrogen) atoms. The van der Waals surface area contributed by atoms with Crippen LogP contribution in [0.4, 0.5) is 5.69 Å². The Morgan fingerprint density at radius 2 is 1.83 bits per heavy atom. The van der Waals surface area contributed by atoms with Crippen molar-refractivity contribution in [2.75, 3.05) is 38.6 Å². The molecule has 7 heteroatoms. The van der Waals surface area contributed by atoms with Gasteiger partial charge in [0.25, 0.3) is 0 Å². The number of halogens is 1. The molecule has 0 atom stereocenters. The van der Waals surface area contributed by atoms with Crippen molar-refractivity contribution >= 4 is 28.1 Å². The number of hydrogen-bond acceptors (Lipinski definition) is 4. The van der Waals surface area contributed by atoms with Crippen LogP contribution in [0.15, 0.2) is 23.1 Å². The van der Waals surface area contributed by atoms with Crippen LogP contribution in [0.5, 0.6) is 0 Å². The molecule has 0 saturated carbocycles. The molecule has 2 rings (SSSR count). The van der Waals surface area contributed by atoms with E-state index in [1.807, 2.05) is 38.9 Å². The number of piperidine rings is 1. The number of benzene rings is 1. The highest BCUT2D eigenvalue weighted by Crippen LogP contribution is 2.27. The third kappa shape index (κ3) is 4.63. The van der Waals surface area contributed by atoms with Crippen LogP contribution in [0, 0.1) is 6.92 Å². The Kier molecular flexibility index (Phi) is 7.99. The first-order valence-electron chi connectivity index (χ1n) is 8.38. The lowest BCUT2D eigenvalue weighted by atomic mass is 10.1. The molecule has 1 aromatic rings. The van der Waals surface area contributed by atoms with Crippen LogP contribution in [-0.4, -0.2) is 52.5 Å². The van der Waals surface area contributed by atoms with Crippen molar-refractivity contribution in [1.82, 2.24) is 9.62 Å². The minimum Gasteiger partial charge on any atom is -0.377 e. The van der Waals surface area contributed by atoms with E-state index in [0.717, 1.165) is 43.6 Å². The summed E-state index contributed by atoms with van der Waals surface area (Å²) in [5.41, 5.74) is 2.03. The van der Waals surface area contributed by atoms with Gasteiger partial charge < -0.3 is 10.2 Å². The zero-order valence-electron chi connectivity index (χ0n) is 15.1. The Labute approximate surface area is 152 Å². The smallest absolute Gasteiger partial charge is 0.243 e. The lowest BCUT2D eigenvalue weighted by molar-refractivity contribution is 0.262. The maximum atomic E-state index is 13.2. The van der Waals surface area contributed by atoms with E-state index < -0.39 is 10.0 Å². The van der Waals surface area contributed by atoms with E-state index in [0.29, 0.717) is 11.4 Å². The molecule has 1 aromatic carbocycles. The summed E-state index contributed by atoms with van der Waals surface area (Å²) in [6.07, 6.45) is 2.59. The van der Waals surface area contributed by atoms with E-state index in [2.05, 4.69) is 5.32 Å². The van der Waals surface area contributed by atoms with E-state index in [1.54, 1.807) is 16.4 Å². The third-order valence-electron chi connectivity index (χ3n) is 4.43. The normalized spacial score (nSPS) is 16.0. The second-order valence-corrected chi connectivity index (χ2v) is 8.33.